The summed E-state index contributed by atoms with van der Waals surface area (Å²) in [6.45, 7) is 5.17. The van der Waals surface area contributed by atoms with Crippen molar-refractivity contribution in [3.8, 4) is 11.8 Å². The number of unbranched alkanes of at least 4 members (excludes halogenated alkanes) is 1. The first-order chi connectivity index (χ1) is 8.30. The van der Waals surface area contributed by atoms with Gasteiger partial charge in [0.15, 0.2) is 0 Å². The van der Waals surface area contributed by atoms with E-state index in [1.165, 1.54) is 19.3 Å². The van der Waals surface area contributed by atoms with Crippen molar-refractivity contribution in [3.05, 3.63) is 29.8 Å². The highest BCUT2D eigenvalue weighted by atomic mass is 16.5. The first-order valence-electron chi connectivity index (χ1n) is 6.43. The van der Waals surface area contributed by atoms with Crippen molar-refractivity contribution in [1.29, 1.82) is 5.26 Å². The largest absolute Gasteiger partial charge is 0.493 e. The quantitative estimate of drug-likeness (QED) is 0.706. The van der Waals surface area contributed by atoms with Crippen LogP contribution in [-0.2, 0) is 0 Å². The van der Waals surface area contributed by atoms with E-state index in [4.69, 9.17) is 10.00 Å². The van der Waals surface area contributed by atoms with Crippen LogP contribution in [-0.4, -0.2) is 6.61 Å². The highest BCUT2D eigenvalue weighted by Gasteiger charge is 2.06. The molecule has 1 rings (SSSR count). The van der Waals surface area contributed by atoms with Crippen LogP contribution in [0, 0.1) is 17.2 Å². The van der Waals surface area contributed by atoms with Gasteiger partial charge in [-0.2, -0.15) is 5.26 Å². The normalized spacial score (nSPS) is 11.8. The van der Waals surface area contributed by atoms with Crippen molar-refractivity contribution in [3.63, 3.8) is 0 Å². The third-order valence-corrected chi connectivity index (χ3v) is 2.99. The average Bonchev–Trinajstić information content (AvgIpc) is 2.39. The Hall–Kier alpha value is -1.49. The Morgan fingerprint density at radius 3 is 2.82 bits per heavy atom. The summed E-state index contributed by atoms with van der Waals surface area (Å²) in [5.41, 5.74) is 0.657. The molecule has 92 valence electrons. The van der Waals surface area contributed by atoms with Crippen molar-refractivity contribution in [2.45, 2.75) is 39.5 Å². The highest BCUT2D eigenvalue weighted by Crippen LogP contribution is 2.17. The van der Waals surface area contributed by atoms with Gasteiger partial charge in [-0.05, 0) is 30.5 Å². The summed E-state index contributed by atoms with van der Waals surface area (Å²) in [4.78, 5) is 0. The second-order valence-electron chi connectivity index (χ2n) is 4.37. The number of nitrogens with zero attached hydrogens (tertiary/aromatic N) is 1. The molecule has 0 amide bonds. The Balaban J connectivity index is 2.45. The summed E-state index contributed by atoms with van der Waals surface area (Å²) in [5, 5.41) is 8.80. The molecule has 0 heterocycles. The maximum absolute atomic E-state index is 8.80. The van der Waals surface area contributed by atoms with Gasteiger partial charge < -0.3 is 4.74 Å². The lowest BCUT2D eigenvalue weighted by Crippen LogP contribution is -2.11. The van der Waals surface area contributed by atoms with Gasteiger partial charge in [-0.25, -0.2) is 0 Å². The fourth-order valence-electron chi connectivity index (χ4n) is 1.77. The Morgan fingerprint density at radius 1 is 1.35 bits per heavy atom. The van der Waals surface area contributed by atoms with Crippen LogP contribution in [0.15, 0.2) is 24.3 Å². The predicted octanol–water partition coefficient (Wildman–Crippen LogP) is 4.15. The minimum Gasteiger partial charge on any atom is -0.493 e. The standard InChI is InChI=1S/C15H21NO/c1-3-5-7-13(4-2)12-17-15-9-6-8-14(10-15)11-16/h6,8-10,13H,3-5,7,12H2,1-2H3. The molecule has 0 fully saturated rings. The number of benzene rings is 1. The summed E-state index contributed by atoms with van der Waals surface area (Å²) < 4.78 is 5.75. The smallest absolute Gasteiger partial charge is 0.120 e. The van der Waals surface area contributed by atoms with Gasteiger partial charge >= 0.3 is 0 Å². The van der Waals surface area contributed by atoms with Gasteiger partial charge in [0, 0.05) is 0 Å². The van der Waals surface area contributed by atoms with E-state index in [1.807, 2.05) is 12.1 Å². The first kappa shape index (κ1) is 13.6. The fraction of sp³-hybridized carbons (Fsp3) is 0.533. The fourth-order valence-corrected chi connectivity index (χ4v) is 1.77. The van der Waals surface area contributed by atoms with Crippen molar-refractivity contribution in [2.75, 3.05) is 6.61 Å². The summed E-state index contributed by atoms with van der Waals surface area (Å²) in [7, 11) is 0. The van der Waals surface area contributed by atoms with Crippen LogP contribution in [0.1, 0.15) is 45.1 Å². The zero-order valence-corrected chi connectivity index (χ0v) is 10.8. The molecule has 1 aromatic rings. The topological polar surface area (TPSA) is 33.0 Å². The maximum atomic E-state index is 8.80. The molecule has 0 aliphatic carbocycles. The molecule has 0 saturated heterocycles. The summed E-state index contributed by atoms with van der Waals surface area (Å²) in [6.07, 6.45) is 4.88. The number of nitriles is 1. The Morgan fingerprint density at radius 2 is 2.18 bits per heavy atom. The molecule has 0 radical (unpaired) electrons. The second kappa shape index (κ2) is 7.73. The predicted molar refractivity (Wildman–Crippen MR) is 70.0 cm³/mol. The molecule has 0 bridgehead atoms. The Kier molecular flexibility index (Phi) is 6.17. The average molecular weight is 231 g/mol. The third-order valence-electron chi connectivity index (χ3n) is 2.99. The Labute approximate surface area is 104 Å². The monoisotopic (exact) mass is 231 g/mol. The van der Waals surface area contributed by atoms with E-state index in [-0.39, 0.29) is 0 Å². The molecule has 0 N–H and O–H groups in total. The van der Waals surface area contributed by atoms with Crippen molar-refractivity contribution < 1.29 is 4.74 Å². The van der Waals surface area contributed by atoms with Crippen LogP contribution in [0.3, 0.4) is 0 Å². The molecule has 0 spiro atoms. The molecule has 2 heteroatoms. The molecule has 2 nitrogen and oxygen atoms in total. The zero-order valence-electron chi connectivity index (χ0n) is 10.8. The van der Waals surface area contributed by atoms with E-state index in [1.54, 1.807) is 12.1 Å². The number of rotatable bonds is 7. The van der Waals surface area contributed by atoms with Crippen LogP contribution in [0.4, 0.5) is 0 Å². The zero-order chi connectivity index (χ0) is 12.5. The van der Waals surface area contributed by atoms with Gasteiger partial charge in [-0.15, -0.1) is 0 Å². The van der Waals surface area contributed by atoms with Crippen molar-refractivity contribution >= 4 is 0 Å². The lowest BCUT2D eigenvalue weighted by molar-refractivity contribution is 0.233. The number of ether oxygens (including phenoxy) is 1. The highest BCUT2D eigenvalue weighted by molar-refractivity contribution is 5.36. The first-order valence-corrected chi connectivity index (χ1v) is 6.43. The van der Waals surface area contributed by atoms with Gasteiger partial charge in [0.25, 0.3) is 0 Å². The van der Waals surface area contributed by atoms with Crippen molar-refractivity contribution in [2.24, 2.45) is 5.92 Å². The van der Waals surface area contributed by atoms with Gasteiger partial charge in [0.05, 0.1) is 18.2 Å². The SMILES string of the molecule is CCCCC(CC)COc1cccc(C#N)c1. The van der Waals surface area contributed by atoms with Crippen LogP contribution < -0.4 is 4.74 Å². The van der Waals surface area contributed by atoms with E-state index in [9.17, 15) is 0 Å². The summed E-state index contributed by atoms with van der Waals surface area (Å²) in [5.74, 6) is 1.43. The molecule has 1 atom stereocenters. The Bertz CT molecular complexity index is 367. The minimum atomic E-state index is 0.626. The molecule has 0 aliphatic heterocycles. The van der Waals surface area contributed by atoms with E-state index < -0.39 is 0 Å². The van der Waals surface area contributed by atoms with Gasteiger partial charge in [-0.3, -0.25) is 0 Å². The van der Waals surface area contributed by atoms with Crippen LogP contribution >= 0.6 is 0 Å². The molecular weight excluding hydrogens is 210 g/mol. The lowest BCUT2D eigenvalue weighted by atomic mass is 10.0. The van der Waals surface area contributed by atoms with Gasteiger partial charge in [0.2, 0.25) is 0 Å². The van der Waals surface area contributed by atoms with E-state index in [0.29, 0.717) is 11.5 Å². The van der Waals surface area contributed by atoms with Crippen molar-refractivity contribution in [1.82, 2.24) is 0 Å². The summed E-state index contributed by atoms with van der Waals surface area (Å²) in [6, 6.07) is 9.49. The molecule has 1 unspecified atom stereocenters. The molecule has 17 heavy (non-hydrogen) atoms. The van der Waals surface area contributed by atoms with E-state index in [2.05, 4.69) is 19.9 Å². The molecule has 0 aliphatic rings. The molecular formula is C15H21NO. The van der Waals surface area contributed by atoms with Crippen LogP contribution in [0.25, 0.3) is 0 Å². The van der Waals surface area contributed by atoms with Crippen LogP contribution in [0.2, 0.25) is 0 Å². The molecule has 0 aromatic heterocycles. The molecule has 1 aromatic carbocycles. The maximum Gasteiger partial charge on any atom is 0.120 e. The third kappa shape index (κ3) is 4.91. The lowest BCUT2D eigenvalue weighted by Gasteiger charge is -2.15. The summed E-state index contributed by atoms with van der Waals surface area (Å²) >= 11 is 0. The van der Waals surface area contributed by atoms with Gasteiger partial charge in [-0.1, -0.05) is 39.2 Å². The van der Waals surface area contributed by atoms with E-state index >= 15 is 0 Å². The van der Waals surface area contributed by atoms with E-state index in [0.717, 1.165) is 18.8 Å². The second-order valence-corrected chi connectivity index (χ2v) is 4.37. The molecule has 0 saturated carbocycles. The van der Waals surface area contributed by atoms with Crippen LogP contribution in [0.5, 0.6) is 5.75 Å². The number of hydrogen-bond donors (Lipinski definition) is 0. The minimum absolute atomic E-state index is 0.626. The van der Waals surface area contributed by atoms with Gasteiger partial charge in [0.1, 0.15) is 5.75 Å². The number of hydrogen-bond acceptors (Lipinski definition) is 2.